The van der Waals surface area contributed by atoms with E-state index in [0.717, 1.165) is 12.0 Å². The fourth-order valence-electron chi connectivity index (χ4n) is 10.9. The number of esters is 1. The second-order valence-corrected chi connectivity index (χ2v) is 22.0. The molecular formula is C59H97NO17. The molecule has 14 atom stereocenters. The number of hydrogen-bond acceptors (Lipinski definition) is 17. The molecule has 77 heavy (non-hydrogen) atoms. The predicted octanol–water partition coefficient (Wildman–Crippen LogP) is 6.23. The lowest BCUT2D eigenvalue weighted by Crippen LogP contribution is -2.61. The topological polar surface area (TPSA) is 243 Å². The molecule has 4 N–H and O–H groups in total. The summed E-state index contributed by atoms with van der Waals surface area (Å²) in [7, 11) is 3.01. The summed E-state index contributed by atoms with van der Waals surface area (Å²) >= 11 is 0. The Labute approximate surface area is 459 Å². The Bertz CT molecular complexity index is 1920. The highest BCUT2D eigenvalue weighted by molar-refractivity contribution is 6.39. The van der Waals surface area contributed by atoms with Gasteiger partial charge >= 0.3 is 5.97 Å². The van der Waals surface area contributed by atoms with Crippen molar-refractivity contribution < 1.29 is 82.3 Å². The van der Waals surface area contributed by atoms with E-state index in [1.165, 1.54) is 12.0 Å². The molecule has 0 spiro atoms. The van der Waals surface area contributed by atoms with E-state index in [1.807, 2.05) is 46.8 Å². The number of carbonyl (C=O) groups excluding carboxylic acids is 5. The molecule has 18 nitrogen and oxygen atoms in total. The number of nitrogens with zero attached hydrogens (tertiary/aromatic N) is 1. The van der Waals surface area contributed by atoms with Crippen LogP contribution < -0.4 is 0 Å². The number of likely N-dealkylation sites (tertiary alicyclic amines) is 1. The maximum atomic E-state index is 14.6. The number of amides is 1. The zero-order valence-corrected chi connectivity index (χ0v) is 48.1. The van der Waals surface area contributed by atoms with Gasteiger partial charge in [0.15, 0.2) is 5.78 Å². The van der Waals surface area contributed by atoms with Gasteiger partial charge in [0.05, 0.1) is 77.3 Å². The lowest BCUT2D eigenvalue weighted by Gasteiger charge is -2.43. The van der Waals surface area contributed by atoms with Crippen LogP contribution in [-0.2, 0) is 61.9 Å². The van der Waals surface area contributed by atoms with Crippen molar-refractivity contribution in [3.8, 4) is 0 Å². The van der Waals surface area contributed by atoms with Crippen LogP contribution in [0.15, 0.2) is 48.1 Å². The van der Waals surface area contributed by atoms with Crippen molar-refractivity contribution in [3.05, 3.63) is 48.1 Å². The summed E-state index contributed by atoms with van der Waals surface area (Å²) in [5.74, 6) is -7.89. The van der Waals surface area contributed by atoms with Gasteiger partial charge in [0.1, 0.15) is 30.1 Å². The van der Waals surface area contributed by atoms with E-state index in [1.54, 1.807) is 46.1 Å². The van der Waals surface area contributed by atoms with E-state index in [0.29, 0.717) is 70.2 Å². The van der Waals surface area contributed by atoms with Crippen LogP contribution in [0.3, 0.4) is 0 Å². The molecule has 3 rings (SSSR count). The molecule has 0 radical (unpaired) electrons. The van der Waals surface area contributed by atoms with Crippen molar-refractivity contribution in [1.82, 2.24) is 4.90 Å². The Kier molecular flexibility index (Phi) is 31.0. The van der Waals surface area contributed by atoms with Gasteiger partial charge in [-0.2, -0.15) is 0 Å². The number of Topliss-reactive ketones (excluding diaryl/α,β-unsaturated/α-hetero) is 3. The third-order valence-corrected chi connectivity index (χ3v) is 15.4. The summed E-state index contributed by atoms with van der Waals surface area (Å²) in [6, 6.07) is -1.19. The third kappa shape index (κ3) is 21.5. The van der Waals surface area contributed by atoms with E-state index in [4.69, 9.17) is 48.1 Å². The Morgan fingerprint density at radius 2 is 1.52 bits per heavy atom. The average molecular weight is 1090 g/mol. The molecule has 440 valence electrons. The van der Waals surface area contributed by atoms with E-state index < -0.39 is 71.8 Å². The molecule has 1 aliphatic carbocycles. The van der Waals surface area contributed by atoms with Gasteiger partial charge in [0.2, 0.25) is 5.79 Å². The highest BCUT2D eigenvalue weighted by atomic mass is 16.6. The third-order valence-electron chi connectivity index (χ3n) is 15.4. The zero-order chi connectivity index (χ0) is 57.2. The molecule has 0 aromatic carbocycles. The van der Waals surface area contributed by atoms with Gasteiger partial charge in [-0.3, -0.25) is 19.2 Å². The quantitative estimate of drug-likeness (QED) is 0.0179. The number of ether oxygens (including phenoxy) is 8. The maximum Gasteiger partial charge on any atom is 0.329 e. The molecule has 0 bridgehead atoms. The molecule has 2 aliphatic heterocycles. The molecule has 1 unspecified atom stereocenters. The van der Waals surface area contributed by atoms with Gasteiger partial charge in [0, 0.05) is 51.4 Å². The number of rotatable bonds is 36. The van der Waals surface area contributed by atoms with Crippen LogP contribution in [0.25, 0.3) is 0 Å². The smallest absolute Gasteiger partial charge is 0.329 e. The van der Waals surface area contributed by atoms with Crippen LogP contribution in [0.4, 0.5) is 0 Å². The van der Waals surface area contributed by atoms with Gasteiger partial charge in [-0.25, -0.2) is 4.79 Å². The Morgan fingerprint density at radius 1 is 0.831 bits per heavy atom. The zero-order valence-electron chi connectivity index (χ0n) is 48.1. The number of carbonyl (C=O) groups is 5. The molecular weight excluding hydrogens is 995 g/mol. The monoisotopic (exact) mass is 1090 g/mol. The fourth-order valence-corrected chi connectivity index (χ4v) is 10.9. The van der Waals surface area contributed by atoms with E-state index in [2.05, 4.69) is 6.58 Å². The number of methoxy groups -OCH3 is 2. The second kappa shape index (κ2) is 35.3. The molecule has 1 amide bonds. The number of piperidine rings is 1. The van der Waals surface area contributed by atoms with Gasteiger partial charge in [-0.05, 0) is 107 Å². The fraction of sp³-hybridized carbons (Fsp3) is 0.780. The summed E-state index contributed by atoms with van der Waals surface area (Å²) in [4.78, 5) is 72.4. The molecule has 2 saturated heterocycles. The number of allylic oxidation sites excluding steroid dienone is 5. The molecule has 1 saturated carbocycles. The Morgan fingerprint density at radius 3 is 2.16 bits per heavy atom. The molecule has 3 fully saturated rings. The van der Waals surface area contributed by atoms with Crippen LogP contribution in [0.5, 0.6) is 0 Å². The van der Waals surface area contributed by atoms with Crippen molar-refractivity contribution >= 4 is 29.2 Å². The van der Waals surface area contributed by atoms with Crippen LogP contribution in [0.2, 0.25) is 0 Å². The lowest BCUT2D eigenvalue weighted by molar-refractivity contribution is -0.266. The number of aliphatic hydroxyl groups is 4. The summed E-state index contributed by atoms with van der Waals surface area (Å²) in [6.07, 6.45) is 9.19. The van der Waals surface area contributed by atoms with Crippen molar-refractivity contribution in [3.63, 3.8) is 0 Å². The summed E-state index contributed by atoms with van der Waals surface area (Å²) in [5.41, 5.74) is 1.23. The first-order valence-corrected chi connectivity index (χ1v) is 28.2. The minimum Gasteiger partial charge on any atom is -0.460 e. The number of ketones is 3. The van der Waals surface area contributed by atoms with Crippen LogP contribution in [0, 0.1) is 35.5 Å². The number of aliphatic hydroxyl groups excluding tert-OH is 3. The maximum absolute atomic E-state index is 14.6. The minimum absolute atomic E-state index is 0.0514. The van der Waals surface area contributed by atoms with Gasteiger partial charge in [-0.15, -0.1) is 0 Å². The van der Waals surface area contributed by atoms with Crippen molar-refractivity contribution in [2.75, 3.05) is 73.6 Å². The molecule has 0 aromatic heterocycles. The van der Waals surface area contributed by atoms with Gasteiger partial charge in [0.25, 0.3) is 11.7 Å². The molecule has 18 heteroatoms. The van der Waals surface area contributed by atoms with Crippen LogP contribution >= 0.6 is 0 Å². The molecule has 3 aliphatic rings. The molecule has 0 aromatic rings. The normalized spacial score (nSPS) is 26.4. The van der Waals surface area contributed by atoms with E-state index >= 15 is 0 Å². The average Bonchev–Trinajstić information content (AvgIpc) is 3.40. The van der Waals surface area contributed by atoms with E-state index in [-0.39, 0.29) is 113 Å². The standard InChI is InChI=1S/C59H97NO17/c1-12-13-14-17-39(4)50(75-31-29-73-27-25-62)36-46-21-19-44(9)59(69,77-46)56(66)57(67)60-23-16-15-18-47(60)58(68)76-51(41(6)34-45-20-22-49(52(35-45)70-10)74-30-28-72-26-24-61)37-48(63)40(5)33-43(8)54(65)55(71-11)53(64)42(7)32-38(2)3/h12-14,17,33,38,40-42,44-47,49-52,54-55,61-62,65,69H,1,15-16,18-32,34-37H2,2-11H3/b14-13+,39-17+,43-33+/t40-,41-,42-,44-,45+,46+,47+,49-,50?,51+,52-,54-,55+,59-/m1/s1. The first kappa shape index (κ1) is 67.7. The van der Waals surface area contributed by atoms with E-state index in [9.17, 15) is 34.2 Å². The van der Waals surface area contributed by atoms with Crippen LogP contribution in [0.1, 0.15) is 132 Å². The predicted molar refractivity (Wildman–Crippen MR) is 290 cm³/mol. The first-order chi connectivity index (χ1) is 36.7. The summed E-state index contributed by atoms with van der Waals surface area (Å²) in [6.45, 7) is 19.7. The number of hydrogen-bond donors (Lipinski definition) is 4. The van der Waals surface area contributed by atoms with Crippen LogP contribution in [-0.4, -0.2) is 183 Å². The second-order valence-electron chi connectivity index (χ2n) is 22.0. The first-order valence-electron chi connectivity index (χ1n) is 28.2. The molecule has 2 heterocycles. The largest absolute Gasteiger partial charge is 0.460 e. The van der Waals surface area contributed by atoms with Gasteiger partial charge < -0.3 is 63.2 Å². The SMILES string of the molecule is C=C/C=C/C=C(\C)C(C[C@@H]1CC[C@@H](C)[C@](O)(C(=O)C(=O)N2CCCC[C@H]2C(=O)O[C@@H](CC(=O)[C@H](C)/C=C(\C)[C@@H](O)[C@@H](OC)C(=O)[C@H](C)CC(C)C)[C@H](C)C[C@@H]2CC[C@@H](OCCOCCO)[C@H](OC)C2)O1)OCCOCCO. The summed E-state index contributed by atoms with van der Waals surface area (Å²) < 4.78 is 47.0. The van der Waals surface area contributed by atoms with Gasteiger partial charge in [-0.1, -0.05) is 78.5 Å². The van der Waals surface area contributed by atoms with Crippen molar-refractivity contribution in [1.29, 1.82) is 0 Å². The highest BCUT2D eigenvalue weighted by Crippen LogP contribution is 2.38. The Balaban J connectivity index is 1.88. The minimum atomic E-state index is -2.50. The van der Waals surface area contributed by atoms with Crippen molar-refractivity contribution in [2.45, 2.75) is 187 Å². The highest BCUT2D eigenvalue weighted by Gasteiger charge is 2.53. The summed E-state index contributed by atoms with van der Waals surface area (Å²) in [5, 5.41) is 41.6. The lowest BCUT2D eigenvalue weighted by atomic mass is 9.78. The Hall–Kier alpha value is -3.53. The van der Waals surface area contributed by atoms with Crippen molar-refractivity contribution in [2.24, 2.45) is 35.5 Å².